The maximum atomic E-state index is 12.8. The van der Waals surface area contributed by atoms with E-state index in [2.05, 4.69) is 50.3 Å². The number of hydrogen-bond acceptors (Lipinski definition) is 7. The van der Waals surface area contributed by atoms with Crippen LogP contribution in [0.2, 0.25) is 0 Å². The maximum absolute atomic E-state index is 12.8. The second-order valence-corrected chi connectivity index (χ2v) is 23.6. The highest BCUT2D eigenvalue weighted by molar-refractivity contribution is 7.47. The smallest absolute Gasteiger partial charge is 0.462 e. The van der Waals surface area contributed by atoms with E-state index in [1.54, 1.807) is 0 Å². The van der Waals surface area contributed by atoms with E-state index >= 15 is 0 Å². The van der Waals surface area contributed by atoms with Crippen molar-refractivity contribution in [3.63, 3.8) is 0 Å². The summed E-state index contributed by atoms with van der Waals surface area (Å²) >= 11 is 0. The normalized spacial score (nSPS) is 13.5. The van der Waals surface area contributed by atoms with Crippen molar-refractivity contribution in [3.8, 4) is 0 Å². The van der Waals surface area contributed by atoms with Crippen molar-refractivity contribution in [1.82, 2.24) is 0 Å². The molecule has 0 fully saturated rings. The van der Waals surface area contributed by atoms with E-state index in [0.717, 1.165) is 70.6 Å². The van der Waals surface area contributed by atoms with Gasteiger partial charge in [0.2, 0.25) is 0 Å². The topological polar surface area (TPSA) is 108 Å². The number of likely N-dealkylation sites (N-methyl/N-ethyl adjacent to an activating group) is 1. The van der Waals surface area contributed by atoms with Gasteiger partial charge in [0, 0.05) is 12.8 Å². The van der Waals surface area contributed by atoms with Crippen LogP contribution in [0.25, 0.3) is 0 Å². The van der Waals surface area contributed by atoms with Crippen LogP contribution >= 0.6 is 7.82 Å². The van der Waals surface area contributed by atoms with Crippen molar-refractivity contribution in [2.75, 3.05) is 47.5 Å². The molecule has 0 bridgehead atoms. The van der Waals surface area contributed by atoms with Gasteiger partial charge in [-0.2, -0.15) is 0 Å². The minimum absolute atomic E-state index is 0.0301. The molecule has 0 aromatic heterocycles. The third-order valence-electron chi connectivity index (χ3n) is 13.7. The number of ether oxygens (including phenoxy) is 2. The molecular weight excluding hydrogens is 918 g/mol. The first-order valence-electron chi connectivity index (χ1n) is 30.7. The monoisotopic (exact) mass is 1040 g/mol. The molecular formula is C62H119NO8P+. The highest BCUT2D eigenvalue weighted by atomic mass is 31.2. The van der Waals surface area contributed by atoms with Gasteiger partial charge < -0.3 is 18.9 Å². The van der Waals surface area contributed by atoms with Gasteiger partial charge in [0.1, 0.15) is 19.8 Å². The van der Waals surface area contributed by atoms with Gasteiger partial charge in [-0.3, -0.25) is 18.6 Å². The molecule has 0 aliphatic heterocycles. The van der Waals surface area contributed by atoms with E-state index in [-0.39, 0.29) is 25.6 Å². The van der Waals surface area contributed by atoms with Crippen LogP contribution in [0.3, 0.4) is 0 Å². The first-order chi connectivity index (χ1) is 35.0. The number of quaternary nitrogens is 1. The fourth-order valence-corrected chi connectivity index (χ4v) is 9.65. The predicted molar refractivity (Wildman–Crippen MR) is 307 cm³/mol. The molecule has 0 rings (SSSR count). The Hall–Kier alpha value is -1.77. The minimum Gasteiger partial charge on any atom is -0.462 e. The van der Waals surface area contributed by atoms with Crippen LogP contribution < -0.4 is 0 Å². The van der Waals surface area contributed by atoms with Crippen molar-refractivity contribution in [2.24, 2.45) is 0 Å². The van der Waals surface area contributed by atoms with Gasteiger partial charge >= 0.3 is 19.8 Å². The number of carbonyl (C=O) groups excluding carboxylic acids is 2. The van der Waals surface area contributed by atoms with E-state index in [0.29, 0.717) is 23.9 Å². The van der Waals surface area contributed by atoms with E-state index in [4.69, 9.17) is 18.5 Å². The second-order valence-electron chi connectivity index (χ2n) is 22.1. The van der Waals surface area contributed by atoms with Gasteiger partial charge in [0.15, 0.2) is 6.10 Å². The number of unbranched alkanes of at least 4 members (excludes halogenated alkanes) is 37. The molecule has 0 radical (unpaired) electrons. The number of phosphoric acid groups is 1. The lowest BCUT2D eigenvalue weighted by molar-refractivity contribution is -0.870. The lowest BCUT2D eigenvalue weighted by atomic mass is 10.0. The average Bonchev–Trinajstić information content (AvgIpc) is 3.34. The Kier molecular flexibility index (Phi) is 52.7. The summed E-state index contributed by atoms with van der Waals surface area (Å²) in [6, 6.07) is 0. The zero-order valence-electron chi connectivity index (χ0n) is 48.2. The molecule has 10 heteroatoms. The molecule has 2 unspecified atom stereocenters. The Morgan fingerprint density at radius 3 is 1.11 bits per heavy atom. The van der Waals surface area contributed by atoms with Gasteiger partial charge in [0.25, 0.3) is 0 Å². The summed E-state index contributed by atoms with van der Waals surface area (Å²) in [6.45, 7) is 4.45. The summed E-state index contributed by atoms with van der Waals surface area (Å²) in [6.07, 6.45) is 66.5. The second kappa shape index (κ2) is 54.0. The molecule has 0 aliphatic rings. The van der Waals surface area contributed by atoms with Crippen LogP contribution in [0, 0.1) is 0 Å². The van der Waals surface area contributed by atoms with Gasteiger partial charge in [-0.1, -0.05) is 269 Å². The van der Waals surface area contributed by atoms with Crippen molar-refractivity contribution in [1.29, 1.82) is 0 Å². The number of carbonyl (C=O) groups is 2. The molecule has 0 aliphatic carbocycles. The molecule has 0 aromatic carbocycles. The van der Waals surface area contributed by atoms with E-state index in [9.17, 15) is 19.0 Å². The molecule has 0 aromatic rings. The van der Waals surface area contributed by atoms with E-state index in [1.165, 1.54) is 193 Å². The van der Waals surface area contributed by atoms with Crippen LogP contribution in [0.4, 0.5) is 0 Å². The number of allylic oxidation sites excluding steroid dienone is 6. The van der Waals surface area contributed by atoms with Crippen LogP contribution in [-0.2, 0) is 32.7 Å². The standard InChI is InChI=1S/C62H118NO8P/c1-6-8-10-12-14-16-18-20-22-24-26-28-29-30-31-32-33-35-36-38-40-42-44-46-48-50-52-54-61(64)68-58-60(59-70-72(66,67)69-57-56-63(3,4)5)71-62(65)55-53-51-49-47-45-43-41-39-37-34-27-25-23-21-19-17-15-13-11-9-7-2/h19,21,25,27,37,39,60H,6-18,20,22-24,26,28-36,38,40-59H2,1-5H3/p+1/b21-19-,27-25-,39-37-. The number of hydrogen-bond donors (Lipinski definition) is 1. The third kappa shape index (κ3) is 57.5. The Bertz CT molecular complexity index is 1310. The molecule has 1 N–H and O–H groups in total. The number of rotatable bonds is 57. The zero-order chi connectivity index (χ0) is 52.7. The van der Waals surface area contributed by atoms with Crippen LogP contribution in [0.15, 0.2) is 36.5 Å². The zero-order valence-corrected chi connectivity index (χ0v) is 49.1. The summed E-state index contributed by atoms with van der Waals surface area (Å²) < 4.78 is 34.6. The van der Waals surface area contributed by atoms with Crippen LogP contribution in [0.1, 0.15) is 296 Å². The van der Waals surface area contributed by atoms with E-state index < -0.39 is 26.5 Å². The largest absolute Gasteiger partial charge is 0.472 e. The first-order valence-corrected chi connectivity index (χ1v) is 32.2. The molecule has 424 valence electrons. The lowest BCUT2D eigenvalue weighted by Crippen LogP contribution is -2.37. The van der Waals surface area contributed by atoms with Crippen LogP contribution in [0.5, 0.6) is 0 Å². The first kappa shape index (κ1) is 70.2. The number of esters is 2. The number of phosphoric ester groups is 1. The molecule has 0 heterocycles. The van der Waals surface area contributed by atoms with Crippen molar-refractivity contribution >= 4 is 19.8 Å². The van der Waals surface area contributed by atoms with Gasteiger partial charge in [-0.25, -0.2) is 4.57 Å². The van der Waals surface area contributed by atoms with Crippen LogP contribution in [-0.4, -0.2) is 74.9 Å². The molecule has 0 saturated carbocycles. The molecule has 0 spiro atoms. The van der Waals surface area contributed by atoms with Gasteiger partial charge in [0.05, 0.1) is 27.7 Å². The summed E-state index contributed by atoms with van der Waals surface area (Å²) in [5.74, 6) is -0.798. The average molecular weight is 1040 g/mol. The minimum atomic E-state index is -4.39. The Morgan fingerprint density at radius 1 is 0.431 bits per heavy atom. The molecule has 2 atom stereocenters. The van der Waals surface area contributed by atoms with E-state index in [1.807, 2.05) is 21.1 Å². The van der Waals surface area contributed by atoms with Crippen molar-refractivity contribution in [2.45, 2.75) is 302 Å². The van der Waals surface area contributed by atoms with Crippen molar-refractivity contribution in [3.05, 3.63) is 36.5 Å². The predicted octanol–water partition coefficient (Wildman–Crippen LogP) is 19.2. The molecule has 72 heavy (non-hydrogen) atoms. The highest BCUT2D eigenvalue weighted by Crippen LogP contribution is 2.43. The Balaban J connectivity index is 4.10. The van der Waals surface area contributed by atoms with Gasteiger partial charge in [-0.05, 0) is 51.4 Å². The summed E-state index contributed by atoms with van der Waals surface area (Å²) in [5.41, 5.74) is 0. The van der Waals surface area contributed by atoms with Crippen molar-refractivity contribution < 1.29 is 42.1 Å². The number of nitrogens with zero attached hydrogens (tertiary/aromatic N) is 1. The summed E-state index contributed by atoms with van der Waals surface area (Å²) in [5, 5.41) is 0. The fourth-order valence-electron chi connectivity index (χ4n) is 8.91. The molecule has 0 amide bonds. The maximum Gasteiger partial charge on any atom is 0.472 e. The summed E-state index contributed by atoms with van der Waals surface area (Å²) in [7, 11) is 1.48. The molecule has 9 nitrogen and oxygen atoms in total. The fraction of sp³-hybridized carbons (Fsp3) is 0.871. The Labute approximate surface area is 446 Å². The third-order valence-corrected chi connectivity index (χ3v) is 14.7. The van der Waals surface area contributed by atoms with Gasteiger partial charge in [-0.15, -0.1) is 0 Å². The lowest BCUT2D eigenvalue weighted by Gasteiger charge is -2.24. The Morgan fingerprint density at radius 2 is 0.750 bits per heavy atom. The summed E-state index contributed by atoms with van der Waals surface area (Å²) in [4.78, 5) is 35.7. The molecule has 0 saturated heterocycles. The highest BCUT2D eigenvalue weighted by Gasteiger charge is 2.27. The quantitative estimate of drug-likeness (QED) is 0.0211. The SMILES string of the molecule is CCCCCCC/C=C\C/C=C\C/C=C\CCCCCCCCC(=O)OC(COC(=O)CCCCCCCCCCCCCCCCCCCCCCCCCCCCC)COP(=O)(O)OCC[N+](C)(C)C.